The molecular weight excluding hydrogens is 432 g/mol. The van der Waals surface area contributed by atoms with E-state index in [1.54, 1.807) is 0 Å². The highest BCUT2D eigenvalue weighted by Crippen LogP contribution is 2.28. The van der Waals surface area contributed by atoms with Crippen molar-refractivity contribution in [3.63, 3.8) is 0 Å². The zero-order valence-corrected chi connectivity index (χ0v) is 19.2. The summed E-state index contributed by atoms with van der Waals surface area (Å²) >= 11 is 0. The highest BCUT2D eigenvalue weighted by Gasteiger charge is 2.41. The number of hydrogen-bond donors (Lipinski definition) is 4. The number of amides is 2. The largest absolute Gasteiger partial charge is 0.505 e. The van der Waals surface area contributed by atoms with Gasteiger partial charge in [-0.05, 0) is 44.7 Å². The van der Waals surface area contributed by atoms with Gasteiger partial charge in [-0.2, -0.15) is 0 Å². The Labute approximate surface area is 192 Å². The SMILES string of the molecule is CCC(C)CC[C@H]1C(=O)O[C@H](C)C(NC(=O)c2cccc(NC=O)c2O)C(=O)O[C@@H](C)[C@@H]1O. The van der Waals surface area contributed by atoms with E-state index in [9.17, 15) is 29.4 Å². The Balaban J connectivity index is 2.25. The number of carbonyl (C=O) groups excluding carboxylic acids is 4. The minimum Gasteiger partial charge on any atom is -0.505 e. The van der Waals surface area contributed by atoms with E-state index in [2.05, 4.69) is 10.6 Å². The van der Waals surface area contributed by atoms with Gasteiger partial charge in [-0.1, -0.05) is 26.3 Å². The number of aromatic hydroxyl groups is 1. The second kappa shape index (κ2) is 11.6. The van der Waals surface area contributed by atoms with Crippen molar-refractivity contribution in [2.24, 2.45) is 11.8 Å². The number of rotatable bonds is 8. The molecule has 0 aromatic heterocycles. The van der Waals surface area contributed by atoms with Crippen LogP contribution in [-0.4, -0.2) is 58.8 Å². The number of esters is 2. The summed E-state index contributed by atoms with van der Waals surface area (Å²) in [4.78, 5) is 49.1. The molecule has 2 unspecified atom stereocenters. The Bertz CT molecular complexity index is 874. The molecule has 10 nitrogen and oxygen atoms in total. The number of nitrogens with one attached hydrogen (secondary N) is 2. The summed E-state index contributed by atoms with van der Waals surface area (Å²) in [6.07, 6.45) is -1.05. The number of phenolic OH excluding ortho intramolecular Hbond substituents is 1. The zero-order valence-electron chi connectivity index (χ0n) is 19.2. The summed E-state index contributed by atoms with van der Waals surface area (Å²) in [5.74, 6) is -3.43. The zero-order chi connectivity index (χ0) is 24.7. The van der Waals surface area contributed by atoms with E-state index in [1.807, 2.05) is 13.8 Å². The maximum Gasteiger partial charge on any atom is 0.332 e. The van der Waals surface area contributed by atoms with Gasteiger partial charge >= 0.3 is 11.9 Å². The van der Waals surface area contributed by atoms with E-state index in [4.69, 9.17) is 9.47 Å². The van der Waals surface area contributed by atoms with Gasteiger partial charge in [0.25, 0.3) is 5.91 Å². The Morgan fingerprint density at radius 3 is 2.48 bits per heavy atom. The minimum atomic E-state index is -1.38. The van der Waals surface area contributed by atoms with Crippen LogP contribution in [0.4, 0.5) is 5.69 Å². The van der Waals surface area contributed by atoms with Gasteiger partial charge in [-0.25, -0.2) is 4.79 Å². The van der Waals surface area contributed by atoms with Crippen molar-refractivity contribution in [3.05, 3.63) is 23.8 Å². The molecule has 0 saturated carbocycles. The topological polar surface area (TPSA) is 151 Å². The van der Waals surface area contributed by atoms with Gasteiger partial charge in [-0.3, -0.25) is 14.4 Å². The van der Waals surface area contributed by atoms with Gasteiger partial charge in [0.15, 0.2) is 11.8 Å². The van der Waals surface area contributed by atoms with E-state index in [0.717, 1.165) is 6.42 Å². The lowest BCUT2D eigenvalue weighted by Gasteiger charge is -2.25. The highest BCUT2D eigenvalue weighted by molar-refractivity contribution is 6.01. The van der Waals surface area contributed by atoms with Crippen LogP contribution in [0.25, 0.3) is 0 Å². The summed E-state index contributed by atoms with van der Waals surface area (Å²) in [6, 6.07) is 2.74. The van der Waals surface area contributed by atoms with Gasteiger partial charge < -0.3 is 30.3 Å². The van der Waals surface area contributed by atoms with Crippen LogP contribution >= 0.6 is 0 Å². The van der Waals surface area contributed by atoms with Gasteiger partial charge in [0.05, 0.1) is 17.2 Å². The van der Waals surface area contributed by atoms with Crippen LogP contribution in [0.15, 0.2) is 18.2 Å². The van der Waals surface area contributed by atoms with Gasteiger partial charge in [0.1, 0.15) is 18.3 Å². The number of hydrogen-bond acceptors (Lipinski definition) is 8. The fourth-order valence-electron chi connectivity index (χ4n) is 3.58. The predicted molar refractivity (Wildman–Crippen MR) is 118 cm³/mol. The molecule has 1 aliphatic heterocycles. The molecule has 2 amide bonds. The molecule has 6 atom stereocenters. The number of anilines is 1. The lowest BCUT2D eigenvalue weighted by Crippen LogP contribution is -2.50. The molecule has 2 rings (SSSR count). The first-order chi connectivity index (χ1) is 15.6. The van der Waals surface area contributed by atoms with Crippen LogP contribution in [0, 0.1) is 11.8 Å². The van der Waals surface area contributed by atoms with Crippen molar-refractivity contribution >= 4 is 29.9 Å². The molecule has 1 saturated heterocycles. The van der Waals surface area contributed by atoms with Gasteiger partial charge in [0, 0.05) is 0 Å². The van der Waals surface area contributed by atoms with Crippen LogP contribution < -0.4 is 10.6 Å². The van der Waals surface area contributed by atoms with Crippen molar-refractivity contribution in [2.75, 3.05) is 5.32 Å². The third kappa shape index (κ3) is 6.44. The van der Waals surface area contributed by atoms with E-state index in [0.29, 0.717) is 25.2 Å². The lowest BCUT2D eigenvalue weighted by atomic mass is 9.89. The molecule has 1 aromatic rings. The molecule has 0 aliphatic carbocycles. The van der Waals surface area contributed by atoms with Crippen molar-refractivity contribution in [1.29, 1.82) is 0 Å². The van der Waals surface area contributed by atoms with Gasteiger partial charge in [0.2, 0.25) is 6.41 Å². The Hall–Kier alpha value is -3.14. The minimum absolute atomic E-state index is 0.00932. The molecular formula is C23H32N2O8. The standard InChI is InChI=1S/C23H32N2O8/c1-5-12(2)9-10-16-19(27)14(4)33-23(31)18(13(3)32-22(16)30)25-21(29)15-7-6-8-17(20(15)28)24-11-26/h6-8,11-14,16,18-19,27-28H,5,9-10H2,1-4H3,(H,24,26)(H,25,29)/t12?,13-,14+,16-,18?,19+/m1/s1. The monoisotopic (exact) mass is 464 g/mol. The van der Waals surface area contributed by atoms with Crippen molar-refractivity contribution in [3.8, 4) is 5.75 Å². The van der Waals surface area contributed by atoms with Crippen molar-refractivity contribution in [2.45, 2.75) is 71.3 Å². The van der Waals surface area contributed by atoms with E-state index in [-0.39, 0.29) is 11.3 Å². The van der Waals surface area contributed by atoms with Gasteiger partial charge in [-0.15, -0.1) is 0 Å². The smallest absolute Gasteiger partial charge is 0.332 e. The molecule has 182 valence electrons. The second-order valence-corrected chi connectivity index (χ2v) is 8.39. The molecule has 0 radical (unpaired) electrons. The number of cyclic esters (lactones) is 2. The summed E-state index contributed by atoms with van der Waals surface area (Å²) in [5, 5.41) is 25.6. The number of carbonyl (C=O) groups is 4. The quantitative estimate of drug-likeness (QED) is 0.258. The molecule has 1 aromatic carbocycles. The van der Waals surface area contributed by atoms with Crippen molar-refractivity contribution < 1.29 is 38.9 Å². The molecule has 1 heterocycles. The van der Waals surface area contributed by atoms with Crippen LogP contribution in [0.3, 0.4) is 0 Å². The molecule has 1 aliphatic rings. The first-order valence-corrected chi connectivity index (χ1v) is 11.0. The number of phenols is 1. The summed E-state index contributed by atoms with van der Waals surface area (Å²) in [5.41, 5.74) is -0.192. The maximum absolute atomic E-state index is 12.8. The molecule has 0 bridgehead atoms. The Morgan fingerprint density at radius 2 is 1.85 bits per heavy atom. The number of aliphatic hydroxyl groups excluding tert-OH is 1. The predicted octanol–water partition coefficient (Wildman–Crippen LogP) is 1.74. The van der Waals surface area contributed by atoms with E-state index in [1.165, 1.54) is 32.0 Å². The van der Waals surface area contributed by atoms with Crippen LogP contribution in [0.1, 0.15) is 57.3 Å². The molecule has 33 heavy (non-hydrogen) atoms. The average Bonchev–Trinajstić information content (AvgIpc) is 2.79. The van der Waals surface area contributed by atoms with E-state index >= 15 is 0 Å². The van der Waals surface area contributed by atoms with Crippen molar-refractivity contribution in [1.82, 2.24) is 5.32 Å². The first kappa shape index (κ1) is 26.1. The summed E-state index contributed by atoms with van der Waals surface area (Å²) in [6.45, 7) is 6.98. The Kier molecular flexibility index (Phi) is 9.22. The summed E-state index contributed by atoms with van der Waals surface area (Å²) < 4.78 is 10.8. The maximum atomic E-state index is 12.8. The fourth-order valence-corrected chi connectivity index (χ4v) is 3.58. The third-order valence-electron chi connectivity index (χ3n) is 5.97. The molecule has 10 heteroatoms. The molecule has 1 fully saturated rings. The first-order valence-electron chi connectivity index (χ1n) is 11.0. The number of aliphatic hydroxyl groups is 1. The van der Waals surface area contributed by atoms with E-state index < -0.39 is 53.9 Å². The number of ether oxygens (including phenoxy) is 2. The Morgan fingerprint density at radius 1 is 1.18 bits per heavy atom. The normalized spacial score (nSPS) is 26.6. The van der Waals surface area contributed by atoms with Crippen LogP contribution in [0.5, 0.6) is 5.75 Å². The fraction of sp³-hybridized carbons (Fsp3) is 0.565. The number of benzene rings is 1. The van der Waals surface area contributed by atoms with Crippen LogP contribution in [-0.2, 0) is 23.9 Å². The second-order valence-electron chi connectivity index (χ2n) is 8.39. The summed E-state index contributed by atoms with van der Waals surface area (Å²) in [7, 11) is 0. The highest BCUT2D eigenvalue weighted by atomic mass is 16.6. The molecule has 0 spiro atoms. The molecule has 4 N–H and O–H groups in total. The lowest BCUT2D eigenvalue weighted by molar-refractivity contribution is -0.160. The average molecular weight is 465 g/mol. The third-order valence-corrected chi connectivity index (χ3v) is 5.97. The van der Waals surface area contributed by atoms with Crippen LogP contribution in [0.2, 0.25) is 0 Å². The number of para-hydroxylation sites is 1.